The van der Waals surface area contributed by atoms with Crippen molar-refractivity contribution in [2.45, 2.75) is 6.18 Å². The largest absolute Gasteiger partial charge is 0.436 e. The quantitative estimate of drug-likeness (QED) is 0.335. The van der Waals surface area contributed by atoms with Crippen LogP contribution in [0, 0.1) is 0 Å². The van der Waals surface area contributed by atoms with Gasteiger partial charge >= 0.3 is 12.1 Å². The highest BCUT2D eigenvalue weighted by Crippen LogP contribution is 2.33. The summed E-state index contributed by atoms with van der Waals surface area (Å²) in [4.78, 5) is 16.6. The van der Waals surface area contributed by atoms with Crippen LogP contribution in [-0.2, 0) is 6.18 Å². The standard InChI is InChI=1S/C21H12F3NO3/c22-21(23,24)16-9-5-4-8-15(16)20(26)27-14-10-11-17-18(12-14)28-19(25-17)13-6-2-1-3-7-13/h1-12H. The lowest BCUT2D eigenvalue weighted by Gasteiger charge is -2.11. The number of ether oxygens (including phenoxy) is 1. The first-order chi connectivity index (χ1) is 13.4. The Labute approximate surface area is 157 Å². The Kier molecular flexibility index (Phi) is 4.35. The summed E-state index contributed by atoms with van der Waals surface area (Å²) >= 11 is 0. The predicted octanol–water partition coefficient (Wildman–Crippen LogP) is 5.73. The van der Waals surface area contributed by atoms with Gasteiger partial charge in [0, 0.05) is 11.6 Å². The summed E-state index contributed by atoms with van der Waals surface area (Å²) in [5.74, 6) is -0.651. The van der Waals surface area contributed by atoms with Gasteiger partial charge < -0.3 is 9.15 Å². The molecule has 0 aliphatic rings. The number of halogens is 3. The van der Waals surface area contributed by atoms with E-state index in [-0.39, 0.29) is 5.75 Å². The molecule has 3 aromatic carbocycles. The molecule has 0 aliphatic heterocycles. The maximum atomic E-state index is 13.1. The SMILES string of the molecule is O=C(Oc1ccc2nc(-c3ccccc3)oc2c1)c1ccccc1C(F)(F)F. The van der Waals surface area contributed by atoms with Crippen molar-refractivity contribution in [1.82, 2.24) is 4.98 Å². The number of hydrogen-bond acceptors (Lipinski definition) is 4. The lowest BCUT2D eigenvalue weighted by Crippen LogP contribution is -2.16. The topological polar surface area (TPSA) is 52.3 Å². The van der Waals surface area contributed by atoms with Crippen LogP contribution in [0.15, 0.2) is 77.2 Å². The Morgan fingerprint density at radius 1 is 0.929 bits per heavy atom. The molecule has 0 unspecified atom stereocenters. The number of oxazole rings is 1. The van der Waals surface area contributed by atoms with Crippen LogP contribution < -0.4 is 4.74 Å². The van der Waals surface area contributed by atoms with Gasteiger partial charge in [-0.2, -0.15) is 13.2 Å². The van der Waals surface area contributed by atoms with Crippen molar-refractivity contribution in [3.05, 3.63) is 83.9 Å². The molecular formula is C21H12F3NO3. The highest BCUT2D eigenvalue weighted by atomic mass is 19.4. The first kappa shape index (κ1) is 17.8. The van der Waals surface area contributed by atoms with Crippen molar-refractivity contribution in [3.8, 4) is 17.2 Å². The highest BCUT2D eigenvalue weighted by Gasteiger charge is 2.35. The van der Waals surface area contributed by atoms with Gasteiger partial charge in [-0.25, -0.2) is 9.78 Å². The summed E-state index contributed by atoms with van der Waals surface area (Å²) in [6.45, 7) is 0. The van der Waals surface area contributed by atoms with Crippen LogP contribution in [0.4, 0.5) is 13.2 Å². The molecule has 0 saturated heterocycles. The normalized spacial score (nSPS) is 11.5. The summed E-state index contributed by atoms with van der Waals surface area (Å²) in [6.07, 6.45) is -4.66. The van der Waals surface area contributed by atoms with Crippen molar-refractivity contribution in [3.63, 3.8) is 0 Å². The summed E-state index contributed by atoms with van der Waals surface area (Å²) in [6, 6.07) is 18.1. The first-order valence-corrected chi connectivity index (χ1v) is 8.26. The molecule has 0 saturated carbocycles. The van der Waals surface area contributed by atoms with Crippen LogP contribution in [0.25, 0.3) is 22.6 Å². The zero-order valence-corrected chi connectivity index (χ0v) is 14.2. The minimum Gasteiger partial charge on any atom is -0.436 e. The summed E-state index contributed by atoms with van der Waals surface area (Å²) in [7, 11) is 0. The third-order valence-corrected chi connectivity index (χ3v) is 4.04. The molecule has 0 radical (unpaired) electrons. The van der Waals surface area contributed by atoms with Gasteiger partial charge in [-0.3, -0.25) is 0 Å². The van der Waals surface area contributed by atoms with Gasteiger partial charge in [-0.15, -0.1) is 0 Å². The molecule has 0 aliphatic carbocycles. The number of carbonyl (C=O) groups excluding carboxylic acids is 1. The molecule has 4 aromatic rings. The zero-order chi connectivity index (χ0) is 19.7. The Hall–Kier alpha value is -3.61. The third-order valence-electron chi connectivity index (χ3n) is 4.04. The lowest BCUT2D eigenvalue weighted by atomic mass is 10.1. The van der Waals surface area contributed by atoms with Gasteiger partial charge in [0.1, 0.15) is 11.3 Å². The number of esters is 1. The van der Waals surface area contributed by atoms with E-state index >= 15 is 0 Å². The van der Waals surface area contributed by atoms with Gasteiger partial charge in [0.2, 0.25) is 5.89 Å². The van der Waals surface area contributed by atoms with Crippen molar-refractivity contribution in [1.29, 1.82) is 0 Å². The molecule has 1 heterocycles. The number of nitrogens with zero attached hydrogens (tertiary/aromatic N) is 1. The number of aromatic nitrogens is 1. The van der Waals surface area contributed by atoms with Gasteiger partial charge in [0.15, 0.2) is 5.58 Å². The molecule has 28 heavy (non-hydrogen) atoms. The van der Waals surface area contributed by atoms with Crippen LogP contribution in [0.5, 0.6) is 5.75 Å². The van der Waals surface area contributed by atoms with E-state index in [4.69, 9.17) is 9.15 Å². The number of hydrogen-bond donors (Lipinski definition) is 0. The summed E-state index contributed by atoms with van der Waals surface area (Å²) in [5, 5.41) is 0. The molecule has 0 amide bonds. The van der Waals surface area contributed by atoms with E-state index in [0.29, 0.717) is 17.0 Å². The van der Waals surface area contributed by atoms with E-state index in [9.17, 15) is 18.0 Å². The van der Waals surface area contributed by atoms with Crippen molar-refractivity contribution in [2.75, 3.05) is 0 Å². The fourth-order valence-corrected chi connectivity index (χ4v) is 2.74. The molecule has 0 fully saturated rings. The average Bonchev–Trinajstić information content (AvgIpc) is 3.11. The number of rotatable bonds is 3. The number of fused-ring (bicyclic) bond motifs is 1. The van der Waals surface area contributed by atoms with Crippen LogP contribution in [-0.4, -0.2) is 11.0 Å². The zero-order valence-electron chi connectivity index (χ0n) is 14.2. The first-order valence-electron chi connectivity index (χ1n) is 8.26. The van der Waals surface area contributed by atoms with E-state index in [1.807, 2.05) is 30.3 Å². The molecule has 1 aromatic heterocycles. The highest BCUT2D eigenvalue weighted by molar-refractivity contribution is 5.93. The number of benzene rings is 3. The fourth-order valence-electron chi connectivity index (χ4n) is 2.74. The molecule has 0 atom stereocenters. The van der Waals surface area contributed by atoms with Crippen molar-refractivity contribution >= 4 is 17.1 Å². The van der Waals surface area contributed by atoms with Crippen molar-refractivity contribution < 1.29 is 27.1 Å². The third kappa shape index (κ3) is 3.46. The Morgan fingerprint density at radius 3 is 2.39 bits per heavy atom. The molecule has 140 valence electrons. The summed E-state index contributed by atoms with van der Waals surface area (Å²) in [5.41, 5.74) is 0.0590. The molecule has 0 spiro atoms. The Bertz CT molecular complexity index is 1150. The molecule has 0 N–H and O–H groups in total. The van der Waals surface area contributed by atoms with Crippen LogP contribution in [0.1, 0.15) is 15.9 Å². The van der Waals surface area contributed by atoms with Gasteiger partial charge in [0.05, 0.1) is 11.1 Å². The lowest BCUT2D eigenvalue weighted by molar-refractivity contribution is -0.138. The maximum absolute atomic E-state index is 13.1. The van der Waals surface area contributed by atoms with Gasteiger partial charge in [-0.05, 0) is 36.4 Å². The maximum Gasteiger partial charge on any atom is 0.417 e. The molecule has 7 heteroatoms. The van der Waals surface area contributed by atoms with Crippen LogP contribution in [0.3, 0.4) is 0 Å². The number of alkyl halides is 3. The monoisotopic (exact) mass is 383 g/mol. The second kappa shape index (κ2) is 6.84. The Morgan fingerprint density at radius 2 is 1.64 bits per heavy atom. The van der Waals surface area contributed by atoms with E-state index in [2.05, 4.69) is 4.98 Å². The van der Waals surface area contributed by atoms with Crippen molar-refractivity contribution in [2.24, 2.45) is 0 Å². The second-order valence-electron chi connectivity index (χ2n) is 5.95. The van der Waals surface area contributed by atoms with Gasteiger partial charge in [0.25, 0.3) is 0 Å². The van der Waals surface area contributed by atoms with E-state index in [1.54, 1.807) is 6.07 Å². The van der Waals surface area contributed by atoms with Crippen LogP contribution in [0.2, 0.25) is 0 Å². The smallest absolute Gasteiger partial charge is 0.417 e. The average molecular weight is 383 g/mol. The minimum absolute atomic E-state index is 0.0604. The summed E-state index contributed by atoms with van der Waals surface area (Å²) < 4.78 is 50.1. The molecule has 4 nitrogen and oxygen atoms in total. The molecule has 0 bridgehead atoms. The molecular weight excluding hydrogens is 371 g/mol. The van der Waals surface area contributed by atoms with Crippen LogP contribution >= 0.6 is 0 Å². The fraction of sp³-hybridized carbons (Fsp3) is 0.0476. The van der Waals surface area contributed by atoms with E-state index < -0.39 is 23.3 Å². The second-order valence-corrected chi connectivity index (χ2v) is 5.95. The minimum atomic E-state index is -4.66. The van der Waals surface area contributed by atoms with E-state index in [1.165, 1.54) is 24.3 Å². The molecule has 4 rings (SSSR count). The van der Waals surface area contributed by atoms with Gasteiger partial charge in [-0.1, -0.05) is 30.3 Å². The van der Waals surface area contributed by atoms with E-state index in [0.717, 1.165) is 17.7 Å². The Balaban J connectivity index is 1.63. The predicted molar refractivity (Wildman–Crippen MR) is 95.8 cm³/mol. The number of carbonyl (C=O) groups is 1.